The van der Waals surface area contributed by atoms with Crippen molar-refractivity contribution in [2.75, 3.05) is 0 Å². The summed E-state index contributed by atoms with van der Waals surface area (Å²) in [5.74, 6) is 0. The number of halogens is 1. The first-order chi connectivity index (χ1) is 6.36. The molecule has 0 bridgehead atoms. The van der Waals surface area contributed by atoms with Crippen LogP contribution in [0.15, 0.2) is 12.3 Å². The molecule has 2 atom stereocenters. The molecule has 13 heavy (non-hydrogen) atoms. The van der Waals surface area contributed by atoms with Crippen molar-refractivity contribution in [2.24, 2.45) is 0 Å². The highest BCUT2D eigenvalue weighted by Gasteiger charge is 2.25. The number of nitrogens with zero attached hydrogens (tertiary/aromatic N) is 1. The molecule has 0 amide bonds. The fourth-order valence-corrected chi connectivity index (χ4v) is 1.77. The lowest BCUT2D eigenvalue weighted by Gasteiger charge is -2.13. The van der Waals surface area contributed by atoms with Gasteiger partial charge in [-0.3, -0.25) is 5.10 Å². The first-order valence-corrected chi connectivity index (χ1v) is 4.72. The highest BCUT2D eigenvalue weighted by molar-refractivity contribution is 4.97. The number of rotatable bonds is 3. The maximum Gasteiger partial charge on any atom is 0.115 e. The van der Waals surface area contributed by atoms with Gasteiger partial charge in [0.15, 0.2) is 0 Å². The summed E-state index contributed by atoms with van der Waals surface area (Å²) >= 11 is 0. The molecule has 1 aliphatic carbocycles. The molecule has 0 spiro atoms. The van der Waals surface area contributed by atoms with Crippen LogP contribution < -0.4 is 5.32 Å². The molecule has 1 saturated carbocycles. The van der Waals surface area contributed by atoms with Crippen molar-refractivity contribution in [3.63, 3.8) is 0 Å². The molecule has 0 aromatic carbocycles. The second kappa shape index (κ2) is 3.87. The lowest BCUT2D eigenvalue weighted by molar-refractivity contribution is 0.278. The Hall–Kier alpha value is -0.900. The average Bonchev–Trinajstić information content (AvgIpc) is 2.72. The molecule has 4 heteroatoms. The van der Waals surface area contributed by atoms with Crippen LogP contribution in [0.5, 0.6) is 0 Å². The van der Waals surface area contributed by atoms with E-state index in [0.29, 0.717) is 13.0 Å². The number of alkyl halides is 1. The number of hydrogen-bond acceptors (Lipinski definition) is 2. The van der Waals surface area contributed by atoms with Gasteiger partial charge in [0.1, 0.15) is 6.17 Å². The van der Waals surface area contributed by atoms with Gasteiger partial charge in [0, 0.05) is 24.5 Å². The molecule has 0 radical (unpaired) electrons. The van der Waals surface area contributed by atoms with Gasteiger partial charge in [0.2, 0.25) is 0 Å². The summed E-state index contributed by atoms with van der Waals surface area (Å²) in [6.07, 6.45) is 3.71. The second-order valence-corrected chi connectivity index (χ2v) is 3.52. The predicted octanol–water partition coefficient (Wildman–Crippen LogP) is 1.39. The lowest BCUT2D eigenvalue weighted by atomic mass is 10.2. The minimum atomic E-state index is -0.664. The van der Waals surface area contributed by atoms with E-state index in [4.69, 9.17) is 0 Å². The van der Waals surface area contributed by atoms with E-state index < -0.39 is 6.17 Å². The molecule has 1 aliphatic rings. The summed E-state index contributed by atoms with van der Waals surface area (Å²) in [5, 5.41) is 9.86. The van der Waals surface area contributed by atoms with E-state index >= 15 is 0 Å². The predicted molar refractivity (Wildman–Crippen MR) is 48.0 cm³/mol. The van der Waals surface area contributed by atoms with E-state index in [1.807, 2.05) is 6.07 Å². The standard InChI is InChI=1S/C9H14FN3/c10-8-2-1-3-9(8)11-6-7-4-5-12-13-7/h4-5,8-9,11H,1-3,6H2,(H,12,13)/t8-,9+/m1/s1. The van der Waals surface area contributed by atoms with E-state index in [0.717, 1.165) is 18.5 Å². The molecular weight excluding hydrogens is 169 g/mol. The molecule has 1 heterocycles. The molecule has 1 aromatic heterocycles. The Morgan fingerprint density at radius 3 is 3.15 bits per heavy atom. The Kier molecular flexibility index (Phi) is 2.59. The molecule has 1 aromatic rings. The summed E-state index contributed by atoms with van der Waals surface area (Å²) < 4.78 is 13.1. The van der Waals surface area contributed by atoms with Gasteiger partial charge in [-0.25, -0.2) is 4.39 Å². The number of aromatic amines is 1. The van der Waals surface area contributed by atoms with Crippen LogP contribution in [0, 0.1) is 0 Å². The van der Waals surface area contributed by atoms with E-state index in [9.17, 15) is 4.39 Å². The molecule has 3 nitrogen and oxygen atoms in total. The van der Waals surface area contributed by atoms with Gasteiger partial charge in [-0.2, -0.15) is 5.10 Å². The van der Waals surface area contributed by atoms with E-state index in [2.05, 4.69) is 15.5 Å². The maximum atomic E-state index is 13.1. The number of aromatic nitrogens is 2. The molecule has 0 saturated heterocycles. The Morgan fingerprint density at radius 2 is 2.54 bits per heavy atom. The molecule has 0 unspecified atom stereocenters. The zero-order valence-corrected chi connectivity index (χ0v) is 7.46. The summed E-state index contributed by atoms with van der Waals surface area (Å²) in [6.45, 7) is 0.686. The summed E-state index contributed by atoms with van der Waals surface area (Å²) in [5.41, 5.74) is 1.01. The van der Waals surface area contributed by atoms with Crippen LogP contribution in [0.1, 0.15) is 25.0 Å². The van der Waals surface area contributed by atoms with Crippen molar-refractivity contribution in [3.05, 3.63) is 18.0 Å². The quantitative estimate of drug-likeness (QED) is 0.743. The van der Waals surface area contributed by atoms with Crippen molar-refractivity contribution in [1.82, 2.24) is 15.5 Å². The van der Waals surface area contributed by atoms with Gasteiger partial charge in [-0.15, -0.1) is 0 Å². The Bertz CT molecular complexity index is 247. The minimum absolute atomic E-state index is 0.0447. The number of hydrogen-bond donors (Lipinski definition) is 2. The SMILES string of the molecule is F[C@@H]1CCC[C@@H]1NCc1ccn[nH]1. The normalized spacial score (nSPS) is 28.1. The van der Waals surface area contributed by atoms with Gasteiger partial charge < -0.3 is 5.32 Å². The first-order valence-electron chi connectivity index (χ1n) is 4.72. The third-order valence-corrected chi connectivity index (χ3v) is 2.54. The number of H-pyrrole nitrogens is 1. The largest absolute Gasteiger partial charge is 0.306 e. The highest BCUT2D eigenvalue weighted by Crippen LogP contribution is 2.21. The lowest BCUT2D eigenvalue weighted by Crippen LogP contribution is -2.32. The Labute approximate surface area is 76.7 Å². The van der Waals surface area contributed by atoms with Gasteiger partial charge in [-0.1, -0.05) is 0 Å². The first kappa shape index (κ1) is 8.69. The van der Waals surface area contributed by atoms with Crippen molar-refractivity contribution in [1.29, 1.82) is 0 Å². The molecule has 0 aliphatic heterocycles. The zero-order valence-electron chi connectivity index (χ0n) is 7.46. The van der Waals surface area contributed by atoms with Crippen LogP contribution in [0.25, 0.3) is 0 Å². The molecule has 1 fully saturated rings. The minimum Gasteiger partial charge on any atom is -0.306 e. The fraction of sp³-hybridized carbons (Fsp3) is 0.667. The number of nitrogens with one attached hydrogen (secondary N) is 2. The second-order valence-electron chi connectivity index (χ2n) is 3.52. The molecular formula is C9H14FN3. The topological polar surface area (TPSA) is 40.7 Å². The summed E-state index contributed by atoms with van der Waals surface area (Å²) in [4.78, 5) is 0. The zero-order chi connectivity index (χ0) is 9.10. The third-order valence-electron chi connectivity index (χ3n) is 2.54. The van der Waals surface area contributed by atoms with Gasteiger partial charge in [0.25, 0.3) is 0 Å². The van der Waals surface area contributed by atoms with Gasteiger partial charge >= 0.3 is 0 Å². The van der Waals surface area contributed by atoms with Crippen LogP contribution in [0.3, 0.4) is 0 Å². The van der Waals surface area contributed by atoms with Crippen LogP contribution in [-0.2, 0) is 6.54 Å². The third kappa shape index (κ3) is 2.06. The van der Waals surface area contributed by atoms with Crippen molar-refractivity contribution < 1.29 is 4.39 Å². The Morgan fingerprint density at radius 1 is 1.62 bits per heavy atom. The monoisotopic (exact) mass is 183 g/mol. The smallest absolute Gasteiger partial charge is 0.115 e. The van der Waals surface area contributed by atoms with Crippen LogP contribution in [0.2, 0.25) is 0 Å². The van der Waals surface area contributed by atoms with E-state index in [-0.39, 0.29) is 6.04 Å². The van der Waals surface area contributed by atoms with Crippen LogP contribution >= 0.6 is 0 Å². The highest BCUT2D eigenvalue weighted by atomic mass is 19.1. The van der Waals surface area contributed by atoms with Gasteiger partial charge in [-0.05, 0) is 25.3 Å². The summed E-state index contributed by atoms with van der Waals surface area (Å²) in [6, 6.07) is 1.94. The van der Waals surface area contributed by atoms with E-state index in [1.165, 1.54) is 0 Å². The molecule has 2 N–H and O–H groups in total. The van der Waals surface area contributed by atoms with Crippen molar-refractivity contribution in [2.45, 2.75) is 38.0 Å². The van der Waals surface area contributed by atoms with Gasteiger partial charge in [0.05, 0.1) is 0 Å². The summed E-state index contributed by atoms with van der Waals surface area (Å²) in [7, 11) is 0. The fourth-order valence-electron chi connectivity index (χ4n) is 1.77. The maximum absolute atomic E-state index is 13.1. The van der Waals surface area contributed by atoms with E-state index in [1.54, 1.807) is 6.20 Å². The van der Waals surface area contributed by atoms with Crippen molar-refractivity contribution in [3.8, 4) is 0 Å². The molecule has 2 rings (SSSR count). The molecule has 72 valence electrons. The van der Waals surface area contributed by atoms with Crippen LogP contribution in [-0.4, -0.2) is 22.4 Å². The Balaban J connectivity index is 1.79. The van der Waals surface area contributed by atoms with Crippen molar-refractivity contribution >= 4 is 0 Å². The van der Waals surface area contributed by atoms with Crippen LogP contribution in [0.4, 0.5) is 4.39 Å². The average molecular weight is 183 g/mol.